The van der Waals surface area contributed by atoms with E-state index in [0.29, 0.717) is 39.5 Å². The Morgan fingerprint density at radius 3 is 2.00 bits per heavy atom. The number of anilines is 1. The summed E-state index contributed by atoms with van der Waals surface area (Å²) in [6.45, 7) is 0. The van der Waals surface area contributed by atoms with Crippen LogP contribution in [0.15, 0.2) is 97.1 Å². The Morgan fingerprint density at radius 1 is 0.721 bits per heavy atom. The van der Waals surface area contributed by atoms with Crippen LogP contribution in [-0.2, 0) is 0 Å². The Balaban J connectivity index is 1.59. The number of nitrogens with zero attached hydrogens (tertiary/aromatic N) is 1. The zero-order chi connectivity index (χ0) is 29.9. The first-order chi connectivity index (χ1) is 21.0. The third kappa shape index (κ3) is 3.51. The highest BCUT2D eigenvalue weighted by molar-refractivity contribution is 6.32. The SMILES string of the molecule is COc1ccc([C@H]2[C@@H](C(=O)c3ccccc3)N3c4ccccc4C=C[C@@H]3C23C(=O)c2ccccc2C3=O)c(OC)c1OC. The minimum atomic E-state index is -1.66. The first kappa shape index (κ1) is 26.7. The molecule has 0 bridgehead atoms. The first-order valence-electron chi connectivity index (χ1n) is 14.1. The van der Waals surface area contributed by atoms with Crippen molar-refractivity contribution in [2.75, 3.05) is 26.2 Å². The maximum absolute atomic E-state index is 14.9. The highest BCUT2D eigenvalue weighted by atomic mass is 16.5. The molecule has 43 heavy (non-hydrogen) atoms. The van der Waals surface area contributed by atoms with Gasteiger partial charge in [-0.25, -0.2) is 0 Å². The smallest absolute Gasteiger partial charge is 0.203 e. The van der Waals surface area contributed by atoms with Gasteiger partial charge in [-0.1, -0.05) is 91.0 Å². The van der Waals surface area contributed by atoms with Gasteiger partial charge in [0, 0.05) is 33.9 Å². The van der Waals surface area contributed by atoms with E-state index in [1.165, 1.54) is 21.3 Å². The van der Waals surface area contributed by atoms with Crippen LogP contribution in [0.25, 0.3) is 6.08 Å². The molecular weight excluding hydrogens is 542 g/mol. The zero-order valence-electron chi connectivity index (χ0n) is 23.9. The van der Waals surface area contributed by atoms with Gasteiger partial charge in [-0.3, -0.25) is 14.4 Å². The Kier molecular flexibility index (Phi) is 6.20. The van der Waals surface area contributed by atoms with Gasteiger partial charge >= 0.3 is 0 Å². The van der Waals surface area contributed by atoms with E-state index in [-0.39, 0.29) is 17.3 Å². The number of fused-ring (bicyclic) bond motifs is 5. The van der Waals surface area contributed by atoms with Crippen LogP contribution >= 0.6 is 0 Å². The fraction of sp³-hybridized carbons (Fsp3) is 0.194. The lowest BCUT2D eigenvalue weighted by atomic mass is 9.64. The van der Waals surface area contributed by atoms with Crippen molar-refractivity contribution in [1.82, 2.24) is 0 Å². The lowest BCUT2D eigenvalue weighted by molar-refractivity contribution is 0.0664. The normalized spacial score (nSPS) is 20.9. The summed E-state index contributed by atoms with van der Waals surface area (Å²) in [5.41, 5.74) is 1.74. The van der Waals surface area contributed by atoms with E-state index in [0.717, 1.165) is 11.3 Å². The molecule has 3 atom stereocenters. The Bertz CT molecular complexity index is 1790. The van der Waals surface area contributed by atoms with Crippen LogP contribution in [0.4, 0.5) is 5.69 Å². The molecule has 0 amide bonds. The van der Waals surface area contributed by atoms with E-state index < -0.39 is 23.4 Å². The minimum Gasteiger partial charge on any atom is -0.493 e. The monoisotopic (exact) mass is 571 g/mol. The number of benzene rings is 4. The van der Waals surface area contributed by atoms with Crippen LogP contribution < -0.4 is 19.1 Å². The summed E-state index contributed by atoms with van der Waals surface area (Å²) in [6.07, 6.45) is 3.85. The predicted octanol–water partition coefficient (Wildman–Crippen LogP) is 6.03. The van der Waals surface area contributed by atoms with E-state index in [1.807, 2.05) is 59.5 Å². The number of carbonyl (C=O) groups is 3. The molecule has 7 heteroatoms. The molecule has 4 aromatic rings. The van der Waals surface area contributed by atoms with Crippen molar-refractivity contribution >= 4 is 29.1 Å². The van der Waals surface area contributed by atoms with Crippen LogP contribution in [0.5, 0.6) is 17.2 Å². The molecule has 0 aromatic heterocycles. The third-order valence-corrected chi connectivity index (χ3v) is 9.11. The van der Waals surface area contributed by atoms with Crippen LogP contribution in [0, 0.1) is 5.41 Å². The first-order valence-corrected chi connectivity index (χ1v) is 14.1. The summed E-state index contributed by atoms with van der Waals surface area (Å²) in [4.78, 5) is 46.5. The average molecular weight is 572 g/mol. The summed E-state index contributed by atoms with van der Waals surface area (Å²) >= 11 is 0. The number of Topliss-reactive ketones (excluding diaryl/α,β-unsaturated/α-hetero) is 3. The maximum Gasteiger partial charge on any atom is 0.203 e. The van der Waals surface area contributed by atoms with Gasteiger partial charge in [0.15, 0.2) is 28.8 Å². The van der Waals surface area contributed by atoms with Gasteiger partial charge in [-0.15, -0.1) is 0 Å². The molecule has 2 heterocycles. The number of ketones is 3. The molecular formula is C36H29NO6. The van der Waals surface area contributed by atoms with Crippen molar-refractivity contribution in [3.8, 4) is 17.2 Å². The number of hydrogen-bond acceptors (Lipinski definition) is 7. The highest BCUT2D eigenvalue weighted by Gasteiger charge is 2.72. The van der Waals surface area contributed by atoms with Gasteiger partial charge in [-0.2, -0.15) is 0 Å². The van der Waals surface area contributed by atoms with E-state index in [4.69, 9.17) is 14.2 Å². The number of hydrogen-bond donors (Lipinski definition) is 0. The Morgan fingerprint density at radius 2 is 1.35 bits per heavy atom. The molecule has 0 unspecified atom stereocenters. The molecule has 0 N–H and O–H groups in total. The maximum atomic E-state index is 14.9. The van der Waals surface area contributed by atoms with Gasteiger partial charge in [-0.05, 0) is 17.7 Å². The zero-order valence-corrected chi connectivity index (χ0v) is 23.9. The molecule has 0 saturated carbocycles. The summed E-state index contributed by atoms with van der Waals surface area (Å²) in [7, 11) is 4.54. The number of carbonyl (C=O) groups excluding carboxylic acids is 3. The quantitative estimate of drug-likeness (QED) is 0.207. The van der Waals surface area contributed by atoms with Gasteiger partial charge in [0.25, 0.3) is 0 Å². The van der Waals surface area contributed by atoms with Gasteiger partial charge in [0.05, 0.1) is 27.4 Å². The van der Waals surface area contributed by atoms with Crippen molar-refractivity contribution in [3.63, 3.8) is 0 Å². The van der Waals surface area contributed by atoms with Crippen LogP contribution in [0.2, 0.25) is 0 Å². The molecule has 1 saturated heterocycles. The summed E-state index contributed by atoms with van der Waals surface area (Å²) in [6, 6.07) is 25.5. The molecule has 1 aliphatic carbocycles. The largest absolute Gasteiger partial charge is 0.493 e. The van der Waals surface area contributed by atoms with E-state index in [9.17, 15) is 14.4 Å². The number of ether oxygens (including phenoxy) is 3. The number of para-hydroxylation sites is 1. The fourth-order valence-electron chi connectivity index (χ4n) is 7.40. The lowest BCUT2D eigenvalue weighted by Gasteiger charge is -2.37. The number of rotatable bonds is 6. The van der Waals surface area contributed by atoms with Crippen molar-refractivity contribution in [3.05, 3.63) is 125 Å². The van der Waals surface area contributed by atoms with Gasteiger partial charge in [0.2, 0.25) is 5.75 Å². The molecule has 3 aliphatic rings. The third-order valence-electron chi connectivity index (χ3n) is 9.11. The summed E-state index contributed by atoms with van der Waals surface area (Å²) in [5, 5.41) is 0. The van der Waals surface area contributed by atoms with E-state index in [2.05, 4.69) is 0 Å². The average Bonchev–Trinajstić information content (AvgIpc) is 3.49. The van der Waals surface area contributed by atoms with Crippen LogP contribution in [0.3, 0.4) is 0 Å². The van der Waals surface area contributed by atoms with Crippen molar-refractivity contribution in [2.45, 2.75) is 18.0 Å². The molecule has 2 aliphatic heterocycles. The summed E-state index contributed by atoms with van der Waals surface area (Å²) in [5.74, 6) is -0.703. The second-order valence-electron chi connectivity index (χ2n) is 10.9. The molecule has 7 rings (SSSR count). The molecule has 7 nitrogen and oxygen atoms in total. The second kappa shape index (κ2) is 9.98. The lowest BCUT2D eigenvalue weighted by Crippen LogP contribution is -2.48. The summed E-state index contributed by atoms with van der Waals surface area (Å²) < 4.78 is 17.3. The standard InChI is InChI=1S/C36H29NO6/c1-41-27-19-18-25(32(42-2)33(27)43-3)29-30(31(38)22-12-5-4-6-13-22)37-26-16-10-7-11-21(26)17-20-28(37)36(29)34(39)23-14-8-9-15-24(23)35(36)40/h4-20,28-30H,1-3H3/t28-,29+,30+/m1/s1. The predicted molar refractivity (Wildman–Crippen MR) is 163 cm³/mol. The molecule has 214 valence electrons. The topological polar surface area (TPSA) is 82.1 Å². The van der Waals surface area contributed by atoms with Gasteiger partial charge in [0.1, 0.15) is 11.5 Å². The van der Waals surface area contributed by atoms with Crippen LogP contribution in [-0.4, -0.2) is 50.8 Å². The van der Waals surface area contributed by atoms with Crippen molar-refractivity contribution in [2.24, 2.45) is 5.41 Å². The van der Waals surface area contributed by atoms with Gasteiger partial charge < -0.3 is 19.1 Å². The van der Waals surface area contributed by atoms with Crippen LogP contribution in [0.1, 0.15) is 48.1 Å². The minimum absolute atomic E-state index is 0.203. The Hall–Kier alpha value is -5.17. The molecule has 1 fully saturated rings. The molecule has 1 spiro atoms. The van der Waals surface area contributed by atoms with E-state index in [1.54, 1.807) is 48.5 Å². The van der Waals surface area contributed by atoms with E-state index >= 15 is 0 Å². The highest BCUT2D eigenvalue weighted by Crippen LogP contribution is 2.63. The Labute approximate surface area is 249 Å². The second-order valence-corrected chi connectivity index (χ2v) is 10.9. The van der Waals surface area contributed by atoms with Crippen molar-refractivity contribution in [1.29, 1.82) is 0 Å². The molecule has 4 aromatic carbocycles. The fourth-order valence-corrected chi connectivity index (χ4v) is 7.40. The molecule has 0 radical (unpaired) electrons. The van der Waals surface area contributed by atoms with Crippen molar-refractivity contribution < 1.29 is 28.6 Å². The number of methoxy groups -OCH3 is 3.